The van der Waals surface area contributed by atoms with Crippen LogP contribution in [0.15, 0.2) is 36.4 Å². The van der Waals surface area contributed by atoms with E-state index in [4.69, 9.17) is 5.73 Å². The van der Waals surface area contributed by atoms with Crippen LogP contribution < -0.4 is 11.1 Å². The van der Waals surface area contributed by atoms with Gasteiger partial charge in [-0.15, -0.1) is 0 Å². The lowest BCUT2D eigenvalue weighted by molar-refractivity contribution is -0.389. The van der Waals surface area contributed by atoms with Gasteiger partial charge in [-0.05, 0) is 48.2 Å². The van der Waals surface area contributed by atoms with Crippen molar-refractivity contribution >= 4 is 11.6 Å². The number of halogens is 9. The minimum absolute atomic E-state index is 0.122. The Hall–Kier alpha value is -2.76. The number of nitrogens with two attached hydrogens (primary N) is 1. The van der Waals surface area contributed by atoms with Gasteiger partial charge < -0.3 is 11.1 Å². The van der Waals surface area contributed by atoms with Crippen molar-refractivity contribution < 1.29 is 44.3 Å². The van der Waals surface area contributed by atoms with Crippen molar-refractivity contribution in [2.45, 2.75) is 50.8 Å². The predicted octanol–water partition coefficient (Wildman–Crippen LogP) is 6.19. The first-order valence-electron chi connectivity index (χ1n) is 9.45. The fraction of sp³-hybridized carbons (Fsp3) is 0.381. The molecular weight excluding hydrogens is 467 g/mol. The van der Waals surface area contributed by atoms with Crippen LogP contribution in [0.2, 0.25) is 0 Å². The number of nitrogens with one attached hydrogen (secondary N) is 1. The molecule has 2 aromatic rings. The smallest absolute Gasteiger partial charge is 0.326 e. The zero-order valence-corrected chi connectivity index (χ0v) is 17.3. The maximum Gasteiger partial charge on any atom is 0.457 e. The number of anilines is 1. The summed E-state index contributed by atoms with van der Waals surface area (Å²) < 4.78 is 121. The molecule has 0 bridgehead atoms. The Kier molecular flexibility index (Phi) is 7.13. The van der Waals surface area contributed by atoms with Crippen LogP contribution in [0.1, 0.15) is 39.5 Å². The molecule has 3 N–H and O–H groups in total. The van der Waals surface area contributed by atoms with Crippen molar-refractivity contribution in [3.63, 3.8) is 0 Å². The topological polar surface area (TPSA) is 55.1 Å². The van der Waals surface area contributed by atoms with Crippen molar-refractivity contribution in [3.8, 4) is 0 Å². The SMILES string of the molecule is CCc1cc(C(F)(C(F)(F)F)C(F)(F)C(F)(F)F)cc(C)c1NC(=O)c1ccc(CN)cc1. The molecule has 0 saturated carbocycles. The number of carbonyl (C=O) groups is 1. The van der Waals surface area contributed by atoms with Crippen LogP contribution in [0.25, 0.3) is 0 Å². The predicted molar refractivity (Wildman–Crippen MR) is 103 cm³/mol. The third kappa shape index (κ3) is 4.66. The number of aryl methyl sites for hydroxylation is 2. The number of amides is 1. The molecule has 2 aromatic carbocycles. The summed E-state index contributed by atoms with van der Waals surface area (Å²) in [5.74, 6) is -7.50. The first-order chi connectivity index (χ1) is 15.0. The fourth-order valence-corrected chi connectivity index (χ4v) is 3.21. The second-order valence-electron chi connectivity index (χ2n) is 7.26. The van der Waals surface area contributed by atoms with Gasteiger partial charge in [0.15, 0.2) is 0 Å². The molecule has 0 aromatic heterocycles. The third-order valence-electron chi connectivity index (χ3n) is 5.07. The summed E-state index contributed by atoms with van der Waals surface area (Å²) in [6, 6.07) is 6.39. The summed E-state index contributed by atoms with van der Waals surface area (Å²) in [5, 5.41) is 2.39. The molecule has 1 atom stereocenters. The first kappa shape index (κ1) is 26.5. The second kappa shape index (κ2) is 8.88. The Bertz CT molecular complexity index is 1010. The molecule has 0 aliphatic carbocycles. The van der Waals surface area contributed by atoms with E-state index in [2.05, 4.69) is 5.32 Å². The zero-order valence-electron chi connectivity index (χ0n) is 17.3. The largest absolute Gasteiger partial charge is 0.457 e. The summed E-state index contributed by atoms with van der Waals surface area (Å²) in [5.41, 5.74) is -2.41. The average Bonchev–Trinajstić information content (AvgIpc) is 2.72. The number of hydrogen-bond acceptors (Lipinski definition) is 2. The number of alkyl halides is 9. The summed E-state index contributed by atoms with van der Waals surface area (Å²) >= 11 is 0. The third-order valence-corrected chi connectivity index (χ3v) is 5.07. The molecule has 1 unspecified atom stereocenters. The molecule has 0 aliphatic heterocycles. The molecule has 0 aliphatic rings. The van der Waals surface area contributed by atoms with Crippen LogP contribution in [0.3, 0.4) is 0 Å². The Morgan fingerprint density at radius 2 is 1.45 bits per heavy atom. The Morgan fingerprint density at radius 1 is 0.909 bits per heavy atom. The van der Waals surface area contributed by atoms with Gasteiger partial charge >= 0.3 is 23.9 Å². The Balaban J connectivity index is 2.60. The molecular formula is C21H19F9N2O. The van der Waals surface area contributed by atoms with E-state index in [1.807, 2.05) is 0 Å². The van der Waals surface area contributed by atoms with Gasteiger partial charge in [-0.3, -0.25) is 4.79 Å². The lowest BCUT2D eigenvalue weighted by Crippen LogP contribution is -2.59. The highest BCUT2D eigenvalue weighted by atomic mass is 19.4. The van der Waals surface area contributed by atoms with Gasteiger partial charge in [0.25, 0.3) is 5.91 Å². The van der Waals surface area contributed by atoms with Gasteiger partial charge in [-0.25, -0.2) is 4.39 Å². The summed E-state index contributed by atoms with van der Waals surface area (Å²) in [4.78, 5) is 12.5. The van der Waals surface area contributed by atoms with E-state index in [-0.39, 0.29) is 47.5 Å². The molecule has 12 heteroatoms. The van der Waals surface area contributed by atoms with E-state index >= 15 is 0 Å². The van der Waals surface area contributed by atoms with Gasteiger partial charge in [-0.2, -0.15) is 35.1 Å². The normalized spacial score (nSPS) is 14.7. The maximum atomic E-state index is 14.8. The highest BCUT2D eigenvalue weighted by molar-refractivity contribution is 6.05. The highest BCUT2D eigenvalue weighted by Gasteiger charge is 2.81. The van der Waals surface area contributed by atoms with E-state index in [0.717, 1.165) is 6.92 Å². The van der Waals surface area contributed by atoms with E-state index in [1.165, 1.54) is 19.1 Å². The molecule has 182 valence electrons. The molecule has 1 amide bonds. The molecule has 0 heterocycles. The van der Waals surface area contributed by atoms with Crippen molar-refractivity contribution in [2.75, 3.05) is 5.32 Å². The molecule has 33 heavy (non-hydrogen) atoms. The molecule has 2 rings (SSSR count). The van der Waals surface area contributed by atoms with Crippen LogP contribution in [0, 0.1) is 6.92 Å². The van der Waals surface area contributed by atoms with Gasteiger partial charge in [0, 0.05) is 23.4 Å². The summed E-state index contributed by atoms with van der Waals surface area (Å²) in [6.45, 7) is 2.60. The fourth-order valence-electron chi connectivity index (χ4n) is 3.21. The van der Waals surface area contributed by atoms with E-state index in [0.29, 0.717) is 5.56 Å². The van der Waals surface area contributed by atoms with Gasteiger partial charge in [0.2, 0.25) is 0 Å². The molecule has 0 fully saturated rings. The van der Waals surface area contributed by atoms with Crippen LogP contribution in [-0.2, 0) is 18.6 Å². The monoisotopic (exact) mass is 486 g/mol. The minimum atomic E-state index is -6.82. The first-order valence-corrected chi connectivity index (χ1v) is 9.45. The van der Waals surface area contributed by atoms with Gasteiger partial charge in [0.1, 0.15) is 0 Å². The number of benzene rings is 2. The molecule has 0 radical (unpaired) electrons. The molecule has 3 nitrogen and oxygen atoms in total. The van der Waals surface area contributed by atoms with Crippen LogP contribution >= 0.6 is 0 Å². The van der Waals surface area contributed by atoms with E-state index in [9.17, 15) is 44.3 Å². The number of carbonyl (C=O) groups excluding carboxylic acids is 1. The average molecular weight is 486 g/mol. The van der Waals surface area contributed by atoms with Crippen molar-refractivity contribution in [2.24, 2.45) is 5.73 Å². The van der Waals surface area contributed by atoms with Gasteiger partial charge in [0.05, 0.1) is 0 Å². The Morgan fingerprint density at radius 3 is 1.88 bits per heavy atom. The maximum absolute atomic E-state index is 14.8. The lowest BCUT2D eigenvalue weighted by Gasteiger charge is -2.36. The second-order valence-corrected chi connectivity index (χ2v) is 7.26. The van der Waals surface area contributed by atoms with Crippen molar-refractivity contribution in [3.05, 3.63) is 64.2 Å². The minimum Gasteiger partial charge on any atom is -0.326 e. The quantitative estimate of drug-likeness (QED) is 0.479. The zero-order chi connectivity index (χ0) is 25.4. The summed E-state index contributed by atoms with van der Waals surface area (Å²) in [6.07, 6.45) is -13.6. The van der Waals surface area contributed by atoms with Crippen LogP contribution in [-0.4, -0.2) is 24.2 Å². The lowest BCUT2D eigenvalue weighted by atomic mass is 9.85. The van der Waals surface area contributed by atoms with Crippen molar-refractivity contribution in [1.82, 2.24) is 0 Å². The van der Waals surface area contributed by atoms with Crippen molar-refractivity contribution in [1.29, 1.82) is 0 Å². The highest BCUT2D eigenvalue weighted by Crippen LogP contribution is 2.58. The van der Waals surface area contributed by atoms with Crippen LogP contribution in [0.4, 0.5) is 45.2 Å². The van der Waals surface area contributed by atoms with E-state index < -0.39 is 35.4 Å². The molecule has 0 spiro atoms. The number of hydrogen-bond donors (Lipinski definition) is 2. The molecule has 0 saturated heterocycles. The van der Waals surface area contributed by atoms with Crippen LogP contribution in [0.5, 0.6) is 0 Å². The van der Waals surface area contributed by atoms with E-state index in [1.54, 1.807) is 12.1 Å². The summed E-state index contributed by atoms with van der Waals surface area (Å²) in [7, 11) is 0. The number of rotatable bonds is 6. The van der Waals surface area contributed by atoms with Gasteiger partial charge in [-0.1, -0.05) is 25.1 Å². The Labute approximate surface area is 182 Å². The standard InChI is InChI=1S/C21H19F9N2O/c1-3-13-9-15(18(22,20(25,26)27)19(23,24)21(28,29)30)8-11(2)16(13)32-17(33)14-6-4-12(10-31)5-7-14/h4-9H,3,10,31H2,1-2H3,(H,32,33).